The number of thiophene rings is 1. The molecular weight excluding hydrogens is 406 g/mol. The third kappa shape index (κ3) is 4.26. The van der Waals surface area contributed by atoms with Gasteiger partial charge in [-0.1, -0.05) is 30.3 Å². The number of piperidine rings is 1. The molecule has 0 unspecified atom stereocenters. The zero-order valence-electron chi connectivity index (χ0n) is 16.1. The molecule has 0 saturated carbocycles. The molecule has 4 rings (SSSR count). The van der Waals surface area contributed by atoms with Crippen molar-refractivity contribution in [2.24, 2.45) is 0 Å². The van der Waals surface area contributed by atoms with Crippen LogP contribution in [-0.2, 0) is 0 Å². The summed E-state index contributed by atoms with van der Waals surface area (Å²) in [6.07, 6.45) is 1.19. The van der Waals surface area contributed by atoms with Gasteiger partial charge in [0.2, 0.25) is 0 Å². The van der Waals surface area contributed by atoms with E-state index in [1.54, 1.807) is 47.4 Å². The number of nitrogens with zero attached hydrogens (tertiary/aromatic N) is 1. The second-order valence-electron chi connectivity index (χ2n) is 7.16. The quantitative estimate of drug-likeness (QED) is 0.656. The molecular formula is C23H20F2N2O2S. The molecule has 1 aliphatic rings. The Morgan fingerprint density at radius 1 is 0.900 bits per heavy atom. The Hall–Kier alpha value is -3.06. The molecule has 0 aliphatic carbocycles. The van der Waals surface area contributed by atoms with Crippen LogP contribution in [0.2, 0.25) is 0 Å². The van der Waals surface area contributed by atoms with Gasteiger partial charge < -0.3 is 10.2 Å². The summed E-state index contributed by atoms with van der Waals surface area (Å²) < 4.78 is 27.8. The van der Waals surface area contributed by atoms with Crippen molar-refractivity contribution in [2.45, 2.75) is 18.9 Å². The number of rotatable bonds is 4. The van der Waals surface area contributed by atoms with E-state index in [2.05, 4.69) is 5.32 Å². The first-order valence-corrected chi connectivity index (χ1v) is 10.5. The molecule has 4 nitrogen and oxygen atoms in total. The molecule has 0 spiro atoms. The number of halogens is 2. The average Bonchev–Trinajstić information content (AvgIpc) is 3.25. The van der Waals surface area contributed by atoms with E-state index < -0.39 is 5.82 Å². The third-order valence-corrected chi connectivity index (χ3v) is 6.31. The van der Waals surface area contributed by atoms with Crippen LogP contribution in [0, 0.1) is 11.6 Å². The maximum atomic E-state index is 14.0. The van der Waals surface area contributed by atoms with E-state index >= 15 is 0 Å². The van der Waals surface area contributed by atoms with E-state index in [1.165, 1.54) is 29.5 Å². The van der Waals surface area contributed by atoms with E-state index in [-0.39, 0.29) is 29.2 Å². The van der Waals surface area contributed by atoms with Crippen molar-refractivity contribution in [3.8, 4) is 10.4 Å². The van der Waals surface area contributed by atoms with E-state index in [4.69, 9.17) is 0 Å². The van der Waals surface area contributed by atoms with Gasteiger partial charge in [-0.05, 0) is 43.2 Å². The molecule has 1 fully saturated rings. The van der Waals surface area contributed by atoms with Gasteiger partial charge in [-0.25, -0.2) is 8.78 Å². The first kappa shape index (κ1) is 20.2. The number of likely N-dealkylation sites (tertiary alicyclic amines) is 1. The number of carbonyl (C=O) groups excluding carboxylic acids is 2. The van der Waals surface area contributed by atoms with Gasteiger partial charge in [-0.15, -0.1) is 11.3 Å². The number of nitrogens with one attached hydrogen (secondary N) is 1. The van der Waals surface area contributed by atoms with Crippen LogP contribution < -0.4 is 5.32 Å². The highest BCUT2D eigenvalue weighted by Gasteiger charge is 2.26. The topological polar surface area (TPSA) is 49.4 Å². The lowest BCUT2D eigenvalue weighted by molar-refractivity contribution is 0.0694. The Balaban J connectivity index is 1.34. The standard InChI is InChI=1S/C23H20F2N2O2S/c24-18-7-3-1-5-16(18)20-9-10-21(30-20)22(28)26-15-11-13-27(14-12-15)23(29)17-6-2-4-8-19(17)25/h1-10,15H,11-14H2,(H,26,28). The highest BCUT2D eigenvalue weighted by atomic mass is 32.1. The van der Waals surface area contributed by atoms with Crippen LogP contribution in [0.1, 0.15) is 32.9 Å². The molecule has 1 saturated heterocycles. The Bertz CT molecular complexity index is 1070. The van der Waals surface area contributed by atoms with Crippen LogP contribution >= 0.6 is 11.3 Å². The van der Waals surface area contributed by atoms with Gasteiger partial charge in [0.15, 0.2) is 0 Å². The second-order valence-corrected chi connectivity index (χ2v) is 8.25. The van der Waals surface area contributed by atoms with E-state index in [0.29, 0.717) is 41.2 Å². The van der Waals surface area contributed by atoms with Gasteiger partial charge in [0.05, 0.1) is 10.4 Å². The molecule has 30 heavy (non-hydrogen) atoms. The zero-order valence-corrected chi connectivity index (χ0v) is 16.9. The largest absolute Gasteiger partial charge is 0.348 e. The van der Waals surface area contributed by atoms with Gasteiger partial charge in [0.25, 0.3) is 11.8 Å². The maximum absolute atomic E-state index is 14.0. The summed E-state index contributed by atoms with van der Waals surface area (Å²) in [5.74, 6) is -1.38. The van der Waals surface area contributed by atoms with Gasteiger partial charge in [-0.3, -0.25) is 9.59 Å². The predicted octanol–water partition coefficient (Wildman–Crippen LogP) is 4.73. The van der Waals surface area contributed by atoms with Crippen LogP contribution in [0.5, 0.6) is 0 Å². The molecule has 3 aromatic rings. The van der Waals surface area contributed by atoms with Crippen molar-refractivity contribution in [1.82, 2.24) is 10.2 Å². The van der Waals surface area contributed by atoms with Crippen LogP contribution in [0.4, 0.5) is 8.78 Å². The SMILES string of the molecule is O=C(NC1CCN(C(=O)c2ccccc2F)CC1)c1ccc(-c2ccccc2F)s1. The van der Waals surface area contributed by atoms with Crippen molar-refractivity contribution in [3.05, 3.63) is 82.7 Å². The first-order chi connectivity index (χ1) is 14.5. The minimum Gasteiger partial charge on any atom is -0.348 e. The molecule has 2 aromatic carbocycles. The number of benzene rings is 2. The fourth-order valence-corrected chi connectivity index (χ4v) is 4.49. The fraction of sp³-hybridized carbons (Fsp3) is 0.217. The molecule has 7 heteroatoms. The van der Waals surface area contributed by atoms with Crippen LogP contribution in [0.15, 0.2) is 60.7 Å². The molecule has 0 bridgehead atoms. The minimum atomic E-state index is -0.527. The van der Waals surface area contributed by atoms with Crippen LogP contribution in [0.25, 0.3) is 10.4 Å². The lowest BCUT2D eigenvalue weighted by atomic mass is 10.0. The Morgan fingerprint density at radius 2 is 1.57 bits per heavy atom. The highest BCUT2D eigenvalue weighted by Crippen LogP contribution is 2.30. The normalized spacial score (nSPS) is 14.5. The van der Waals surface area contributed by atoms with Gasteiger partial charge in [0.1, 0.15) is 11.6 Å². The molecule has 1 aromatic heterocycles. The summed E-state index contributed by atoms with van der Waals surface area (Å²) in [5, 5.41) is 2.99. The van der Waals surface area contributed by atoms with Gasteiger partial charge in [0, 0.05) is 29.6 Å². The Kier molecular flexibility index (Phi) is 5.90. The van der Waals surface area contributed by atoms with E-state index in [0.717, 1.165) is 0 Å². The minimum absolute atomic E-state index is 0.0684. The summed E-state index contributed by atoms with van der Waals surface area (Å²) in [7, 11) is 0. The number of hydrogen-bond acceptors (Lipinski definition) is 3. The molecule has 0 atom stereocenters. The van der Waals surface area contributed by atoms with Gasteiger partial charge >= 0.3 is 0 Å². The molecule has 2 amide bonds. The van der Waals surface area contributed by atoms with Crippen molar-refractivity contribution in [3.63, 3.8) is 0 Å². The Morgan fingerprint density at radius 3 is 2.27 bits per heavy atom. The molecule has 1 N–H and O–H groups in total. The summed E-state index contributed by atoms with van der Waals surface area (Å²) in [6, 6.07) is 15.8. The Labute approximate surface area is 177 Å². The van der Waals surface area contributed by atoms with Crippen molar-refractivity contribution in [2.75, 3.05) is 13.1 Å². The monoisotopic (exact) mass is 426 g/mol. The lowest BCUT2D eigenvalue weighted by Crippen LogP contribution is -2.46. The molecule has 154 valence electrons. The fourth-order valence-electron chi connectivity index (χ4n) is 3.55. The number of carbonyl (C=O) groups is 2. The number of amides is 2. The summed E-state index contributed by atoms with van der Waals surface area (Å²) in [5.41, 5.74) is 0.542. The smallest absolute Gasteiger partial charge is 0.261 e. The molecule has 1 aliphatic heterocycles. The van der Waals surface area contributed by atoms with Crippen LogP contribution in [-0.4, -0.2) is 35.8 Å². The maximum Gasteiger partial charge on any atom is 0.261 e. The average molecular weight is 426 g/mol. The van der Waals surface area contributed by atoms with Gasteiger partial charge in [-0.2, -0.15) is 0 Å². The second kappa shape index (κ2) is 8.75. The summed E-state index contributed by atoms with van der Waals surface area (Å²) in [6.45, 7) is 0.895. The number of hydrogen-bond donors (Lipinski definition) is 1. The van der Waals surface area contributed by atoms with E-state index in [9.17, 15) is 18.4 Å². The lowest BCUT2D eigenvalue weighted by Gasteiger charge is -2.32. The molecule has 0 radical (unpaired) electrons. The third-order valence-electron chi connectivity index (χ3n) is 5.19. The van der Waals surface area contributed by atoms with Crippen molar-refractivity contribution >= 4 is 23.2 Å². The molecule has 2 heterocycles. The van der Waals surface area contributed by atoms with Crippen LogP contribution in [0.3, 0.4) is 0 Å². The van der Waals surface area contributed by atoms with Crippen molar-refractivity contribution < 1.29 is 18.4 Å². The predicted molar refractivity (Wildman–Crippen MR) is 113 cm³/mol. The summed E-state index contributed by atoms with van der Waals surface area (Å²) >= 11 is 1.24. The van der Waals surface area contributed by atoms with E-state index in [1.807, 2.05) is 0 Å². The summed E-state index contributed by atoms with van der Waals surface area (Å²) in [4.78, 5) is 27.9. The van der Waals surface area contributed by atoms with Crippen molar-refractivity contribution in [1.29, 1.82) is 0 Å². The first-order valence-electron chi connectivity index (χ1n) is 9.72. The highest BCUT2D eigenvalue weighted by molar-refractivity contribution is 7.17. The zero-order chi connectivity index (χ0) is 21.1.